The monoisotopic (exact) mass is 332 g/mol. The van der Waals surface area contributed by atoms with E-state index in [1.807, 2.05) is 42.5 Å². The Kier molecular flexibility index (Phi) is 4.20. The van der Waals surface area contributed by atoms with Crippen LogP contribution in [0, 0.1) is 0 Å². The number of nitrogens with zero attached hydrogens (tertiary/aromatic N) is 4. The van der Waals surface area contributed by atoms with E-state index >= 15 is 0 Å². The maximum absolute atomic E-state index is 5.76. The summed E-state index contributed by atoms with van der Waals surface area (Å²) >= 11 is 0. The molecule has 0 radical (unpaired) electrons. The van der Waals surface area contributed by atoms with Gasteiger partial charge in [-0.2, -0.15) is 0 Å². The predicted octanol–water partition coefficient (Wildman–Crippen LogP) is 2.94. The largest absolute Gasteiger partial charge is 0.473 e. The number of ether oxygens (including phenoxy) is 1. The van der Waals surface area contributed by atoms with Gasteiger partial charge in [0.05, 0.1) is 6.33 Å². The Balaban J connectivity index is 1.42. The fraction of sp³-hybridized carbons (Fsp3) is 0.111. The van der Waals surface area contributed by atoms with Crippen molar-refractivity contribution in [2.24, 2.45) is 0 Å². The number of benzene rings is 1. The van der Waals surface area contributed by atoms with E-state index in [-0.39, 0.29) is 0 Å². The number of hydrogen-bond donors (Lipinski definition) is 2. The fourth-order valence-electron chi connectivity index (χ4n) is 2.46. The maximum Gasteiger partial charge on any atom is 0.213 e. The lowest BCUT2D eigenvalue weighted by molar-refractivity contribution is 0.293. The number of nitrogens with one attached hydrogen (secondary N) is 2. The van der Waals surface area contributed by atoms with Crippen LogP contribution in [0.1, 0.15) is 11.1 Å². The molecule has 25 heavy (non-hydrogen) atoms. The second-order valence-electron chi connectivity index (χ2n) is 5.45. The number of imidazole rings is 1. The Bertz CT molecular complexity index is 969. The highest BCUT2D eigenvalue weighted by Gasteiger charge is 2.06. The lowest BCUT2D eigenvalue weighted by atomic mass is 10.2. The first-order valence-corrected chi connectivity index (χ1v) is 7.88. The van der Waals surface area contributed by atoms with Crippen LogP contribution < -0.4 is 10.1 Å². The first-order valence-electron chi connectivity index (χ1n) is 7.88. The summed E-state index contributed by atoms with van der Waals surface area (Å²) < 4.78 is 5.76. The first kappa shape index (κ1) is 15.1. The lowest BCUT2D eigenvalue weighted by Gasteiger charge is -2.09. The van der Waals surface area contributed by atoms with Gasteiger partial charge in [0.15, 0.2) is 11.5 Å². The molecule has 124 valence electrons. The van der Waals surface area contributed by atoms with Gasteiger partial charge in [-0.1, -0.05) is 30.3 Å². The van der Waals surface area contributed by atoms with Crippen molar-refractivity contribution in [2.75, 3.05) is 5.32 Å². The zero-order valence-electron chi connectivity index (χ0n) is 13.4. The summed E-state index contributed by atoms with van der Waals surface area (Å²) in [5.41, 5.74) is 3.58. The molecule has 0 spiro atoms. The Labute approximate surface area is 144 Å². The Morgan fingerprint density at radius 3 is 2.80 bits per heavy atom. The highest BCUT2D eigenvalue weighted by molar-refractivity contribution is 5.81. The molecule has 7 heteroatoms. The standard InChI is InChI=1S/C18H16N6O/c1-2-4-13(5-3-1)10-25-15-8-14(6-7-19-15)9-20-17-16-18(22-11-21-16)24-12-23-17/h1-8,11-12H,9-10H2,(H2,20,21,22,23,24). The molecule has 0 saturated heterocycles. The number of hydrogen-bond acceptors (Lipinski definition) is 6. The number of rotatable bonds is 6. The summed E-state index contributed by atoms with van der Waals surface area (Å²) in [6.45, 7) is 1.08. The third-order valence-corrected chi connectivity index (χ3v) is 3.71. The highest BCUT2D eigenvalue weighted by Crippen LogP contribution is 2.17. The van der Waals surface area contributed by atoms with Crippen molar-refractivity contribution in [3.63, 3.8) is 0 Å². The Morgan fingerprint density at radius 2 is 1.88 bits per heavy atom. The maximum atomic E-state index is 5.76. The van der Waals surface area contributed by atoms with E-state index in [1.54, 1.807) is 12.5 Å². The Morgan fingerprint density at radius 1 is 0.960 bits per heavy atom. The van der Waals surface area contributed by atoms with Gasteiger partial charge in [-0.05, 0) is 17.2 Å². The molecule has 3 aromatic heterocycles. The van der Waals surface area contributed by atoms with E-state index in [4.69, 9.17) is 4.74 Å². The molecule has 0 unspecified atom stereocenters. The molecular formula is C18H16N6O. The first-order chi connectivity index (χ1) is 12.4. The molecule has 0 fully saturated rings. The van der Waals surface area contributed by atoms with Crippen molar-refractivity contribution in [2.45, 2.75) is 13.2 Å². The van der Waals surface area contributed by atoms with Gasteiger partial charge < -0.3 is 15.0 Å². The number of H-pyrrole nitrogens is 1. The van der Waals surface area contributed by atoms with Crippen LogP contribution in [0.15, 0.2) is 61.3 Å². The molecule has 0 amide bonds. The summed E-state index contributed by atoms with van der Waals surface area (Å²) in [4.78, 5) is 19.8. The van der Waals surface area contributed by atoms with Crippen molar-refractivity contribution >= 4 is 17.0 Å². The predicted molar refractivity (Wildman–Crippen MR) is 94.0 cm³/mol. The normalized spacial score (nSPS) is 10.7. The van der Waals surface area contributed by atoms with Gasteiger partial charge in [-0.25, -0.2) is 19.9 Å². The van der Waals surface area contributed by atoms with Crippen LogP contribution in [0.2, 0.25) is 0 Å². The van der Waals surface area contributed by atoms with Crippen LogP contribution in [-0.4, -0.2) is 24.9 Å². The lowest BCUT2D eigenvalue weighted by Crippen LogP contribution is -2.04. The zero-order valence-corrected chi connectivity index (χ0v) is 13.4. The topological polar surface area (TPSA) is 88.6 Å². The van der Waals surface area contributed by atoms with Crippen molar-refractivity contribution in [1.82, 2.24) is 24.9 Å². The minimum absolute atomic E-state index is 0.491. The molecule has 2 N–H and O–H groups in total. The molecule has 1 aromatic carbocycles. The van der Waals surface area contributed by atoms with E-state index in [1.165, 1.54) is 6.33 Å². The molecule has 0 saturated carbocycles. The summed E-state index contributed by atoms with van der Waals surface area (Å²) in [7, 11) is 0. The molecule has 0 atom stereocenters. The van der Waals surface area contributed by atoms with Crippen molar-refractivity contribution in [1.29, 1.82) is 0 Å². The van der Waals surface area contributed by atoms with Crippen LogP contribution in [0.25, 0.3) is 11.2 Å². The minimum atomic E-state index is 0.491. The molecule has 0 aliphatic carbocycles. The van der Waals surface area contributed by atoms with Crippen LogP contribution in [0.5, 0.6) is 5.88 Å². The summed E-state index contributed by atoms with van der Waals surface area (Å²) in [5.74, 6) is 1.31. The second-order valence-corrected chi connectivity index (χ2v) is 5.45. The minimum Gasteiger partial charge on any atom is -0.473 e. The van der Waals surface area contributed by atoms with Crippen molar-refractivity contribution < 1.29 is 4.74 Å². The molecule has 0 aliphatic rings. The smallest absolute Gasteiger partial charge is 0.213 e. The summed E-state index contributed by atoms with van der Waals surface area (Å²) in [6, 6.07) is 13.9. The zero-order chi connectivity index (χ0) is 16.9. The molecule has 0 aliphatic heterocycles. The van der Waals surface area contributed by atoms with Gasteiger partial charge in [0.25, 0.3) is 0 Å². The van der Waals surface area contributed by atoms with Gasteiger partial charge in [-0.15, -0.1) is 0 Å². The molecule has 3 heterocycles. The summed E-state index contributed by atoms with van der Waals surface area (Å²) in [5, 5.41) is 3.29. The van der Waals surface area contributed by atoms with Gasteiger partial charge in [0.1, 0.15) is 18.5 Å². The van der Waals surface area contributed by atoms with Crippen molar-refractivity contribution in [3.05, 3.63) is 72.4 Å². The third kappa shape index (κ3) is 3.55. The molecule has 4 aromatic rings. The molecule has 0 bridgehead atoms. The average Bonchev–Trinajstić information content (AvgIpc) is 3.15. The molecule has 4 rings (SSSR count). The van der Waals surface area contributed by atoms with Crippen LogP contribution in [0.3, 0.4) is 0 Å². The number of fused-ring (bicyclic) bond motifs is 1. The Hall–Kier alpha value is -3.48. The van der Waals surface area contributed by atoms with Gasteiger partial charge >= 0.3 is 0 Å². The third-order valence-electron chi connectivity index (χ3n) is 3.71. The average molecular weight is 332 g/mol. The van der Waals surface area contributed by atoms with E-state index in [2.05, 4.69) is 30.2 Å². The number of pyridine rings is 1. The second kappa shape index (κ2) is 6.96. The van der Waals surface area contributed by atoms with E-state index in [0.29, 0.717) is 30.5 Å². The van der Waals surface area contributed by atoms with Crippen LogP contribution >= 0.6 is 0 Å². The SMILES string of the molecule is c1ccc(COc2cc(CNc3ncnc4nc[nH]c34)ccn2)cc1. The molecule has 7 nitrogen and oxygen atoms in total. The van der Waals surface area contributed by atoms with E-state index < -0.39 is 0 Å². The summed E-state index contributed by atoms with van der Waals surface area (Å²) in [6.07, 6.45) is 4.84. The quantitative estimate of drug-likeness (QED) is 0.564. The highest BCUT2D eigenvalue weighted by atomic mass is 16.5. The van der Waals surface area contributed by atoms with Gasteiger partial charge in [-0.3, -0.25) is 0 Å². The fourth-order valence-corrected chi connectivity index (χ4v) is 2.46. The van der Waals surface area contributed by atoms with E-state index in [0.717, 1.165) is 16.6 Å². The van der Waals surface area contributed by atoms with Crippen LogP contribution in [-0.2, 0) is 13.2 Å². The van der Waals surface area contributed by atoms with Crippen LogP contribution in [0.4, 0.5) is 5.82 Å². The van der Waals surface area contributed by atoms with Gasteiger partial charge in [0, 0.05) is 18.8 Å². The molecular weight excluding hydrogens is 316 g/mol. The van der Waals surface area contributed by atoms with Crippen molar-refractivity contribution in [3.8, 4) is 5.88 Å². The van der Waals surface area contributed by atoms with Gasteiger partial charge in [0.2, 0.25) is 5.88 Å². The number of aromatic nitrogens is 5. The number of aromatic amines is 1. The number of anilines is 1. The van der Waals surface area contributed by atoms with E-state index in [9.17, 15) is 0 Å².